The number of hydrogen-bond donors (Lipinski definition) is 2. The number of aryl methyl sites for hydroxylation is 1. The third-order valence-electron chi connectivity index (χ3n) is 3.26. The molecule has 2 rings (SSSR count). The quantitative estimate of drug-likeness (QED) is 0.648. The van der Waals surface area contributed by atoms with E-state index in [1.807, 2.05) is 0 Å². The summed E-state index contributed by atoms with van der Waals surface area (Å²) in [6.07, 6.45) is 0. The maximum absolute atomic E-state index is 12.3. The molecular weight excluding hydrogens is 342 g/mol. The number of nitro groups is 1. The third kappa shape index (κ3) is 3.33. The van der Waals surface area contributed by atoms with Crippen molar-refractivity contribution in [3.8, 4) is 0 Å². The van der Waals surface area contributed by atoms with Crippen LogP contribution in [-0.2, 0) is 0 Å². The monoisotopic (exact) mass is 353 g/mol. The van der Waals surface area contributed by atoms with Gasteiger partial charge in [0, 0.05) is 16.0 Å². The molecule has 0 fully saturated rings. The van der Waals surface area contributed by atoms with Crippen molar-refractivity contribution in [2.45, 2.75) is 13.8 Å². The van der Waals surface area contributed by atoms with Gasteiger partial charge in [-0.1, -0.05) is 11.6 Å². The summed E-state index contributed by atoms with van der Waals surface area (Å²) in [6.45, 7) is 3.50. The van der Waals surface area contributed by atoms with Crippen LogP contribution in [0.25, 0.3) is 0 Å². The molecule has 0 atom stereocenters. The number of primary amides is 1. The van der Waals surface area contributed by atoms with E-state index in [2.05, 4.69) is 5.32 Å². The number of anilines is 1. The zero-order valence-electron chi connectivity index (χ0n) is 12.2. The van der Waals surface area contributed by atoms with Crippen LogP contribution in [-0.4, -0.2) is 16.7 Å². The summed E-state index contributed by atoms with van der Waals surface area (Å²) in [5.41, 5.74) is 5.64. The number of rotatable bonds is 4. The molecule has 1 aromatic heterocycles. The third-order valence-corrected chi connectivity index (χ3v) is 4.62. The summed E-state index contributed by atoms with van der Waals surface area (Å²) in [5, 5.41) is 14.0. The van der Waals surface area contributed by atoms with Crippen molar-refractivity contribution in [1.29, 1.82) is 0 Å². The average molecular weight is 354 g/mol. The standard InChI is InChI=1S/C14H12ClN3O4S/c1-6-7(2)23-14(11(6)12(16)19)17-13(20)9-4-3-8(15)5-10(9)18(21)22/h3-5H,1-2H3,(H2,16,19)(H,17,20). The Bertz CT molecular complexity index is 832. The van der Waals surface area contributed by atoms with Gasteiger partial charge in [0.05, 0.1) is 10.5 Å². The molecule has 0 aliphatic heterocycles. The Hall–Kier alpha value is -2.45. The van der Waals surface area contributed by atoms with E-state index in [1.54, 1.807) is 13.8 Å². The topological polar surface area (TPSA) is 115 Å². The first kappa shape index (κ1) is 16.9. The Morgan fingerprint density at radius 3 is 2.57 bits per heavy atom. The fourth-order valence-electron chi connectivity index (χ4n) is 2.03. The molecule has 3 N–H and O–H groups in total. The molecule has 1 aromatic carbocycles. The maximum Gasteiger partial charge on any atom is 0.283 e. The van der Waals surface area contributed by atoms with Gasteiger partial charge in [0.1, 0.15) is 10.6 Å². The van der Waals surface area contributed by atoms with Crippen molar-refractivity contribution in [3.63, 3.8) is 0 Å². The van der Waals surface area contributed by atoms with E-state index in [-0.39, 0.29) is 21.2 Å². The fourth-order valence-corrected chi connectivity index (χ4v) is 3.26. The van der Waals surface area contributed by atoms with Gasteiger partial charge in [-0.05, 0) is 31.5 Å². The second kappa shape index (κ2) is 6.35. The minimum Gasteiger partial charge on any atom is -0.365 e. The molecule has 23 heavy (non-hydrogen) atoms. The van der Waals surface area contributed by atoms with Gasteiger partial charge in [0.15, 0.2) is 0 Å². The fraction of sp³-hybridized carbons (Fsp3) is 0.143. The summed E-state index contributed by atoms with van der Waals surface area (Å²) in [6, 6.07) is 3.73. The molecule has 0 aliphatic carbocycles. The van der Waals surface area contributed by atoms with Crippen molar-refractivity contribution in [3.05, 3.63) is 54.9 Å². The number of nitrogens with one attached hydrogen (secondary N) is 1. The number of carbonyl (C=O) groups is 2. The van der Waals surface area contributed by atoms with Crippen LogP contribution in [0.2, 0.25) is 5.02 Å². The molecule has 0 unspecified atom stereocenters. The van der Waals surface area contributed by atoms with Gasteiger partial charge in [-0.15, -0.1) is 11.3 Å². The number of carbonyl (C=O) groups excluding carboxylic acids is 2. The lowest BCUT2D eigenvalue weighted by Gasteiger charge is -2.06. The normalized spacial score (nSPS) is 10.4. The van der Waals surface area contributed by atoms with E-state index >= 15 is 0 Å². The second-order valence-electron chi connectivity index (χ2n) is 4.72. The van der Waals surface area contributed by atoms with E-state index in [0.717, 1.165) is 10.9 Å². The van der Waals surface area contributed by atoms with Crippen LogP contribution < -0.4 is 11.1 Å². The number of nitrogens with zero attached hydrogens (tertiary/aromatic N) is 1. The highest BCUT2D eigenvalue weighted by Gasteiger charge is 2.24. The van der Waals surface area contributed by atoms with Crippen molar-refractivity contribution in [2.75, 3.05) is 5.32 Å². The number of benzene rings is 1. The molecular formula is C14H12ClN3O4S. The van der Waals surface area contributed by atoms with Gasteiger partial charge in [-0.25, -0.2) is 0 Å². The van der Waals surface area contributed by atoms with Crippen molar-refractivity contribution >= 4 is 45.4 Å². The minimum absolute atomic E-state index is 0.147. The number of thiophene rings is 1. The first-order valence-electron chi connectivity index (χ1n) is 6.37. The van der Waals surface area contributed by atoms with Crippen LogP contribution in [0, 0.1) is 24.0 Å². The lowest BCUT2D eigenvalue weighted by Crippen LogP contribution is -2.18. The number of halogens is 1. The summed E-state index contributed by atoms with van der Waals surface area (Å²) in [4.78, 5) is 35.1. The zero-order valence-corrected chi connectivity index (χ0v) is 13.7. The van der Waals surface area contributed by atoms with Gasteiger partial charge in [-0.2, -0.15) is 0 Å². The SMILES string of the molecule is Cc1sc(NC(=O)c2ccc(Cl)cc2[N+](=O)[O-])c(C(N)=O)c1C. The lowest BCUT2D eigenvalue weighted by atomic mass is 10.1. The van der Waals surface area contributed by atoms with Crippen LogP contribution in [0.15, 0.2) is 18.2 Å². The van der Waals surface area contributed by atoms with Crippen LogP contribution in [0.5, 0.6) is 0 Å². The lowest BCUT2D eigenvalue weighted by molar-refractivity contribution is -0.385. The van der Waals surface area contributed by atoms with E-state index in [0.29, 0.717) is 5.56 Å². The van der Waals surface area contributed by atoms with Crippen LogP contribution >= 0.6 is 22.9 Å². The second-order valence-corrected chi connectivity index (χ2v) is 6.39. The molecule has 0 bridgehead atoms. The van der Waals surface area contributed by atoms with E-state index < -0.39 is 22.4 Å². The van der Waals surface area contributed by atoms with Gasteiger partial charge in [0.25, 0.3) is 17.5 Å². The molecule has 0 aliphatic rings. The summed E-state index contributed by atoms with van der Waals surface area (Å²) in [7, 11) is 0. The first-order valence-corrected chi connectivity index (χ1v) is 7.57. The Labute approximate surface area is 140 Å². The Kier molecular flexibility index (Phi) is 4.67. The van der Waals surface area contributed by atoms with Crippen molar-refractivity contribution in [1.82, 2.24) is 0 Å². The summed E-state index contributed by atoms with van der Waals surface area (Å²) >= 11 is 6.90. The Balaban J connectivity index is 2.43. The highest BCUT2D eigenvalue weighted by molar-refractivity contribution is 7.16. The minimum atomic E-state index is -0.711. The van der Waals surface area contributed by atoms with E-state index in [1.165, 1.54) is 23.5 Å². The molecule has 0 spiro atoms. The number of nitro benzene ring substituents is 1. The number of hydrogen-bond acceptors (Lipinski definition) is 5. The van der Waals surface area contributed by atoms with Crippen LogP contribution in [0.3, 0.4) is 0 Å². The molecule has 2 aromatic rings. The zero-order chi connectivity index (χ0) is 17.3. The van der Waals surface area contributed by atoms with Crippen LogP contribution in [0.4, 0.5) is 10.7 Å². The molecule has 0 radical (unpaired) electrons. The Morgan fingerprint density at radius 1 is 1.35 bits per heavy atom. The summed E-state index contributed by atoms with van der Waals surface area (Å²) < 4.78 is 0. The highest BCUT2D eigenvalue weighted by Crippen LogP contribution is 2.33. The van der Waals surface area contributed by atoms with Crippen molar-refractivity contribution < 1.29 is 14.5 Å². The molecule has 7 nitrogen and oxygen atoms in total. The molecule has 1 heterocycles. The Morgan fingerprint density at radius 2 is 2.00 bits per heavy atom. The first-order chi connectivity index (χ1) is 10.7. The van der Waals surface area contributed by atoms with Gasteiger partial charge < -0.3 is 11.1 Å². The average Bonchev–Trinajstić information content (AvgIpc) is 2.73. The van der Waals surface area contributed by atoms with E-state index in [4.69, 9.17) is 17.3 Å². The highest BCUT2D eigenvalue weighted by atomic mass is 35.5. The molecule has 2 amide bonds. The van der Waals surface area contributed by atoms with E-state index in [9.17, 15) is 19.7 Å². The largest absolute Gasteiger partial charge is 0.365 e. The molecule has 120 valence electrons. The molecule has 9 heteroatoms. The smallest absolute Gasteiger partial charge is 0.283 e. The summed E-state index contributed by atoms with van der Waals surface area (Å²) in [5.74, 6) is -1.38. The number of nitrogens with two attached hydrogens (primary N) is 1. The predicted octanol–water partition coefficient (Wildman–Crippen LogP) is 3.28. The number of amides is 2. The van der Waals surface area contributed by atoms with Gasteiger partial charge in [0.2, 0.25) is 0 Å². The van der Waals surface area contributed by atoms with Gasteiger partial charge >= 0.3 is 0 Å². The molecule has 0 saturated carbocycles. The van der Waals surface area contributed by atoms with Gasteiger partial charge in [-0.3, -0.25) is 19.7 Å². The van der Waals surface area contributed by atoms with Crippen molar-refractivity contribution in [2.24, 2.45) is 5.73 Å². The van der Waals surface area contributed by atoms with Crippen LogP contribution in [0.1, 0.15) is 31.2 Å². The predicted molar refractivity (Wildman–Crippen MR) is 88.4 cm³/mol. The molecule has 0 saturated heterocycles. The maximum atomic E-state index is 12.3.